The summed E-state index contributed by atoms with van der Waals surface area (Å²) in [4.78, 5) is 9.02. The van der Waals surface area contributed by atoms with Crippen molar-refractivity contribution in [2.75, 3.05) is 6.61 Å². The van der Waals surface area contributed by atoms with Crippen LogP contribution in [0.2, 0.25) is 0 Å². The van der Waals surface area contributed by atoms with E-state index in [4.69, 9.17) is 10.00 Å². The lowest BCUT2D eigenvalue weighted by molar-refractivity contribution is 0.358. The summed E-state index contributed by atoms with van der Waals surface area (Å²) in [7, 11) is 0. The van der Waals surface area contributed by atoms with Gasteiger partial charge in [0.25, 0.3) is 0 Å². The molecule has 0 spiro atoms. The quantitative estimate of drug-likeness (QED) is 0.740. The van der Waals surface area contributed by atoms with Gasteiger partial charge in [0.2, 0.25) is 5.88 Å². The van der Waals surface area contributed by atoms with E-state index in [1.165, 1.54) is 29.8 Å². The van der Waals surface area contributed by atoms with Gasteiger partial charge in [0, 0.05) is 10.9 Å². The first-order valence-electron chi connectivity index (χ1n) is 5.77. The maximum absolute atomic E-state index is 13.0. The van der Waals surface area contributed by atoms with Crippen molar-refractivity contribution in [3.63, 3.8) is 0 Å². The lowest BCUT2D eigenvalue weighted by Crippen LogP contribution is -1.97. The van der Waals surface area contributed by atoms with Crippen LogP contribution in [0.4, 0.5) is 4.39 Å². The Labute approximate surface area is 118 Å². The van der Waals surface area contributed by atoms with Gasteiger partial charge in [0.15, 0.2) is 6.61 Å². The fourth-order valence-electron chi connectivity index (χ4n) is 1.90. The molecule has 3 aromatic rings. The molecule has 0 aliphatic heterocycles. The molecule has 20 heavy (non-hydrogen) atoms. The van der Waals surface area contributed by atoms with Gasteiger partial charge in [0.05, 0.1) is 5.39 Å². The summed E-state index contributed by atoms with van der Waals surface area (Å²) < 4.78 is 18.3. The van der Waals surface area contributed by atoms with E-state index in [0.29, 0.717) is 5.88 Å². The number of rotatable bonds is 3. The molecule has 3 rings (SSSR count). The van der Waals surface area contributed by atoms with Gasteiger partial charge in [-0.15, -0.1) is 11.3 Å². The third-order valence-corrected chi connectivity index (χ3v) is 3.65. The largest absolute Gasteiger partial charge is 0.462 e. The van der Waals surface area contributed by atoms with Crippen LogP contribution in [0.25, 0.3) is 21.3 Å². The summed E-state index contributed by atoms with van der Waals surface area (Å²) in [6.07, 6.45) is 1.40. The summed E-state index contributed by atoms with van der Waals surface area (Å²) in [6, 6.07) is 8.10. The average molecular weight is 285 g/mol. The minimum atomic E-state index is -0.287. The standard InChI is InChI=1S/C14H8FN3OS/c15-10-3-1-9(2-4-10)11-7-20-14-12(11)13(17-8-18-14)19-6-5-16/h1-4,7-8H,6H2. The van der Waals surface area contributed by atoms with Gasteiger partial charge in [-0.2, -0.15) is 5.26 Å². The molecule has 2 aromatic heterocycles. The number of aromatic nitrogens is 2. The number of nitrogens with zero attached hydrogens (tertiary/aromatic N) is 3. The van der Waals surface area contributed by atoms with Gasteiger partial charge in [-0.05, 0) is 17.7 Å². The molecule has 6 heteroatoms. The molecule has 0 N–H and O–H groups in total. The van der Waals surface area contributed by atoms with E-state index < -0.39 is 0 Å². The minimum Gasteiger partial charge on any atom is -0.462 e. The summed E-state index contributed by atoms with van der Waals surface area (Å²) in [5.41, 5.74) is 1.73. The zero-order chi connectivity index (χ0) is 13.9. The van der Waals surface area contributed by atoms with E-state index in [2.05, 4.69) is 9.97 Å². The second-order valence-corrected chi connectivity index (χ2v) is 4.82. The fourth-order valence-corrected chi connectivity index (χ4v) is 2.81. The Kier molecular flexibility index (Phi) is 3.27. The molecular formula is C14H8FN3OS. The number of fused-ring (bicyclic) bond motifs is 1. The summed E-state index contributed by atoms with van der Waals surface area (Å²) in [6.45, 7) is -0.0786. The SMILES string of the molecule is N#CCOc1ncnc2scc(-c3ccc(F)cc3)c12. The van der Waals surface area contributed by atoms with Crippen molar-refractivity contribution in [3.8, 4) is 23.1 Å². The predicted octanol–water partition coefficient (Wildman–Crippen LogP) is 3.40. The molecule has 0 saturated heterocycles. The zero-order valence-corrected chi connectivity index (χ0v) is 11.0. The average Bonchev–Trinajstić information content (AvgIpc) is 2.90. The lowest BCUT2D eigenvalue weighted by atomic mass is 10.1. The van der Waals surface area contributed by atoms with Crippen LogP contribution < -0.4 is 4.74 Å². The fraction of sp³-hybridized carbons (Fsp3) is 0.0714. The molecule has 0 radical (unpaired) electrons. The second kappa shape index (κ2) is 5.23. The molecule has 0 amide bonds. The molecule has 2 heterocycles. The van der Waals surface area contributed by atoms with Crippen molar-refractivity contribution in [1.82, 2.24) is 9.97 Å². The Bertz CT molecular complexity index is 792. The molecule has 0 aliphatic rings. The maximum atomic E-state index is 13.0. The van der Waals surface area contributed by atoms with E-state index in [1.54, 1.807) is 12.1 Å². The van der Waals surface area contributed by atoms with Crippen LogP contribution in [0.1, 0.15) is 0 Å². The molecule has 0 aliphatic carbocycles. The van der Waals surface area contributed by atoms with Crippen molar-refractivity contribution < 1.29 is 9.13 Å². The number of ether oxygens (including phenoxy) is 1. The highest BCUT2D eigenvalue weighted by atomic mass is 32.1. The molecule has 4 nitrogen and oxygen atoms in total. The first-order valence-corrected chi connectivity index (χ1v) is 6.65. The van der Waals surface area contributed by atoms with Crippen LogP contribution in [0.5, 0.6) is 5.88 Å². The zero-order valence-electron chi connectivity index (χ0n) is 10.2. The van der Waals surface area contributed by atoms with E-state index in [0.717, 1.165) is 21.3 Å². The Morgan fingerprint density at radius 2 is 2.05 bits per heavy atom. The summed E-state index contributed by atoms with van der Waals surface area (Å²) in [5.74, 6) is 0.0858. The maximum Gasteiger partial charge on any atom is 0.227 e. The number of nitriles is 1. The van der Waals surface area contributed by atoms with Crippen molar-refractivity contribution in [3.05, 3.63) is 41.8 Å². The Morgan fingerprint density at radius 3 is 2.80 bits per heavy atom. The Balaban J connectivity index is 2.16. The summed E-state index contributed by atoms with van der Waals surface area (Å²) >= 11 is 1.45. The van der Waals surface area contributed by atoms with Crippen LogP contribution in [-0.4, -0.2) is 16.6 Å². The highest BCUT2D eigenvalue weighted by molar-refractivity contribution is 7.17. The first-order chi connectivity index (χ1) is 9.79. The van der Waals surface area contributed by atoms with Crippen LogP contribution in [0.3, 0.4) is 0 Å². The highest BCUT2D eigenvalue weighted by Crippen LogP contribution is 2.37. The number of thiophene rings is 1. The van der Waals surface area contributed by atoms with Gasteiger partial charge in [-0.3, -0.25) is 0 Å². The van der Waals surface area contributed by atoms with E-state index >= 15 is 0 Å². The predicted molar refractivity (Wildman–Crippen MR) is 73.9 cm³/mol. The topological polar surface area (TPSA) is 58.8 Å². The van der Waals surface area contributed by atoms with Gasteiger partial charge < -0.3 is 4.74 Å². The van der Waals surface area contributed by atoms with Crippen LogP contribution in [0.15, 0.2) is 36.0 Å². The number of halogens is 1. The van der Waals surface area contributed by atoms with E-state index in [9.17, 15) is 4.39 Å². The van der Waals surface area contributed by atoms with Gasteiger partial charge in [-0.25, -0.2) is 14.4 Å². The molecule has 0 atom stereocenters. The third kappa shape index (κ3) is 2.19. The van der Waals surface area contributed by atoms with Crippen LogP contribution in [-0.2, 0) is 0 Å². The van der Waals surface area contributed by atoms with E-state index in [1.807, 2.05) is 11.4 Å². The molecule has 0 bridgehead atoms. The normalized spacial score (nSPS) is 10.4. The number of benzene rings is 1. The monoisotopic (exact) mass is 285 g/mol. The molecule has 1 aromatic carbocycles. The Morgan fingerprint density at radius 1 is 1.25 bits per heavy atom. The van der Waals surface area contributed by atoms with Crippen LogP contribution >= 0.6 is 11.3 Å². The first kappa shape index (κ1) is 12.5. The molecule has 0 saturated carbocycles. The van der Waals surface area contributed by atoms with E-state index in [-0.39, 0.29) is 12.4 Å². The van der Waals surface area contributed by atoms with Gasteiger partial charge in [-0.1, -0.05) is 12.1 Å². The second-order valence-electron chi connectivity index (χ2n) is 3.96. The highest BCUT2D eigenvalue weighted by Gasteiger charge is 2.14. The van der Waals surface area contributed by atoms with Crippen molar-refractivity contribution in [1.29, 1.82) is 5.26 Å². The van der Waals surface area contributed by atoms with Gasteiger partial charge in [0.1, 0.15) is 23.0 Å². The van der Waals surface area contributed by atoms with Gasteiger partial charge >= 0.3 is 0 Å². The molecular weight excluding hydrogens is 277 g/mol. The third-order valence-electron chi connectivity index (χ3n) is 2.76. The van der Waals surface area contributed by atoms with Crippen molar-refractivity contribution in [2.45, 2.75) is 0 Å². The molecule has 0 fully saturated rings. The minimum absolute atomic E-state index is 0.0786. The molecule has 0 unspecified atom stereocenters. The van der Waals surface area contributed by atoms with Crippen molar-refractivity contribution >= 4 is 21.6 Å². The number of hydrogen-bond donors (Lipinski definition) is 0. The van der Waals surface area contributed by atoms with Crippen molar-refractivity contribution in [2.24, 2.45) is 0 Å². The lowest BCUT2D eigenvalue weighted by Gasteiger charge is -2.04. The van der Waals surface area contributed by atoms with Crippen LogP contribution in [0, 0.1) is 17.1 Å². The number of hydrogen-bond acceptors (Lipinski definition) is 5. The molecule has 98 valence electrons. The summed E-state index contributed by atoms with van der Waals surface area (Å²) in [5, 5.41) is 11.3. The smallest absolute Gasteiger partial charge is 0.227 e. The Hall–Kier alpha value is -2.52.